The highest BCUT2D eigenvalue weighted by molar-refractivity contribution is 5.94. The molecule has 0 unspecified atom stereocenters. The number of pyridine rings is 1. The van der Waals surface area contributed by atoms with E-state index in [1.165, 1.54) is 0 Å². The van der Waals surface area contributed by atoms with Crippen LogP contribution in [-0.2, 0) is 0 Å². The van der Waals surface area contributed by atoms with E-state index in [9.17, 15) is 4.79 Å². The fourth-order valence-corrected chi connectivity index (χ4v) is 3.55. The van der Waals surface area contributed by atoms with Gasteiger partial charge >= 0.3 is 0 Å². The highest BCUT2D eigenvalue weighted by Crippen LogP contribution is 2.26. The van der Waals surface area contributed by atoms with Crippen molar-refractivity contribution in [2.24, 2.45) is 0 Å². The topological polar surface area (TPSA) is 53.7 Å². The van der Waals surface area contributed by atoms with Gasteiger partial charge < -0.3 is 9.80 Å². The average molecular weight is 349 g/mol. The van der Waals surface area contributed by atoms with Crippen LogP contribution in [-0.4, -0.2) is 63.5 Å². The van der Waals surface area contributed by atoms with Crippen LogP contribution in [0.3, 0.4) is 0 Å². The van der Waals surface area contributed by atoms with Gasteiger partial charge in [0.05, 0.1) is 5.56 Å². The number of hydrogen-bond donors (Lipinski definition) is 0. The van der Waals surface area contributed by atoms with Gasteiger partial charge in [-0.25, -0.2) is 0 Å². The average Bonchev–Trinajstić information content (AvgIpc) is 3.05. The summed E-state index contributed by atoms with van der Waals surface area (Å²) in [6.07, 6.45) is 1.87. The Bertz CT molecular complexity index is 949. The molecule has 1 amide bonds. The highest BCUT2D eigenvalue weighted by Gasteiger charge is 2.21. The van der Waals surface area contributed by atoms with Crippen molar-refractivity contribution in [3.63, 3.8) is 0 Å². The second kappa shape index (κ2) is 6.53. The molecule has 134 valence electrons. The Labute approximate surface area is 153 Å². The minimum atomic E-state index is 0.0705. The summed E-state index contributed by atoms with van der Waals surface area (Å²) in [6.45, 7) is 7.49. The van der Waals surface area contributed by atoms with Gasteiger partial charge in [-0.05, 0) is 44.2 Å². The predicted octanol–water partition coefficient (Wildman–Crippen LogP) is 2.40. The van der Waals surface area contributed by atoms with Gasteiger partial charge in [0.25, 0.3) is 5.91 Å². The van der Waals surface area contributed by atoms with Crippen molar-refractivity contribution >= 4 is 11.6 Å². The van der Waals surface area contributed by atoms with Crippen LogP contribution in [0.15, 0.2) is 36.5 Å². The van der Waals surface area contributed by atoms with Crippen LogP contribution in [0.1, 0.15) is 21.5 Å². The summed E-state index contributed by atoms with van der Waals surface area (Å²) in [5.74, 6) is 0.852. The van der Waals surface area contributed by atoms with E-state index in [2.05, 4.69) is 48.1 Å². The molecule has 2 aromatic heterocycles. The van der Waals surface area contributed by atoms with Crippen LogP contribution in [0.5, 0.6) is 0 Å². The van der Waals surface area contributed by atoms with Gasteiger partial charge in [0.2, 0.25) is 0 Å². The van der Waals surface area contributed by atoms with Gasteiger partial charge in [-0.2, -0.15) is 0 Å². The third kappa shape index (κ3) is 2.86. The van der Waals surface area contributed by atoms with Crippen LogP contribution < -0.4 is 0 Å². The number of rotatable bonds is 2. The largest absolute Gasteiger partial charge is 0.336 e. The Kier molecular flexibility index (Phi) is 4.20. The number of carbonyl (C=O) groups is 1. The molecule has 1 aliphatic heterocycles. The quantitative estimate of drug-likeness (QED) is 0.713. The van der Waals surface area contributed by atoms with Crippen molar-refractivity contribution in [2.75, 3.05) is 33.2 Å². The van der Waals surface area contributed by atoms with E-state index >= 15 is 0 Å². The van der Waals surface area contributed by atoms with Crippen LogP contribution in [0.2, 0.25) is 0 Å². The number of benzene rings is 1. The molecule has 3 heterocycles. The Morgan fingerprint density at radius 1 is 0.962 bits per heavy atom. The standard InChI is InChI=1S/C20H23N5O/c1-14-5-4-6-15(2)18(14)19-22-21-17-8-7-16(13-25(17)19)20(26)24-11-9-23(3)10-12-24/h4-8,13H,9-12H2,1-3H3. The maximum atomic E-state index is 12.9. The van der Waals surface area contributed by atoms with Crippen molar-refractivity contribution in [1.82, 2.24) is 24.4 Å². The zero-order chi connectivity index (χ0) is 18.3. The monoisotopic (exact) mass is 349 g/mol. The first-order valence-corrected chi connectivity index (χ1v) is 8.94. The molecule has 6 heteroatoms. The van der Waals surface area contributed by atoms with Crippen molar-refractivity contribution in [3.05, 3.63) is 53.2 Å². The first kappa shape index (κ1) is 16.7. The van der Waals surface area contributed by atoms with Gasteiger partial charge in [-0.1, -0.05) is 18.2 Å². The van der Waals surface area contributed by atoms with Crippen molar-refractivity contribution in [1.29, 1.82) is 0 Å². The first-order valence-electron chi connectivity index (χ1n) is 8.94. The maximum absolute atomic E-state index is 12.9. The number of likely N-dealkylation sites (N-methyl/N-ethyl adjacent to an activating group) is 1. The maximum Gasteiger partial charge on any atom is 0.255 e. The van der Waals surface area contributed by atoms with Gasteiger partial charge in [0.15, 0.2) is 11.5 Å². The summed E-state index contributed by atoms with van der Waals surface area (Å²) in [5.41, 5.74) is 4.79. The van der Waals surface area contributed by atoms with Gasteiger partial charge in [-0.15, -0.1) is 10.2 Å². The van der Waals surface area contributed by atoms with E-state index in [4.69, 9.17) is 0 Å². The van der Waals surface area contributed by atoms with Crippen LogP contribution >= 0.6 is 0 Å². The van der Waals surface area contributed by atoms with Crippen molar-refractivity contribution in [3.8, 4) is 11.4 Å². The summed E-state index contributed by atoms with van der Waals surface area (Å²) >= 11 is 0. The molecule has 26 heavy (non-hydrogen) atoms. The van der Waals surface area contributed by atoms with E-state index in [1.54, 1.807) is 0 Å². The van der Waals surface area contributed by atoms with Crippen LogP contribution in [0, 0.1) is 13.8 Å². The van der Waals surface area contributed by atoms with Gasteiger partial charge in [0.1, 0.15) is 0 Å². The number of fused-ring (bicyclic) bond motifs is 1. The Morgan fingerprint density at radius 2 is 1.65 bits per heavy atom. The number of hydrogen-bond acceptors (Lipinski definition) is 4. The van der Waals surface area contributed by atoms with Crippen molar-refractivity contribution < 1.29 is 4.79 Å². The highest BCUT2D eigenvalue weighted by atomic mass is 16.2. The fraction of sp³-hybridized carbons (Fsp3) is 0.350. The molecule has 0 saturated carbocycles. The number of aromatic nitrogens is 3. The number of amides is 1. The summed E-state index contributed by atoms with van der Waals surface area (Å²) in [4.78, 5) is 17.1. The van der Waals surface area contributed by atoms with E-state index in [-0.39, 0.29) is 5.91 Å². The summed E-state index contributed by atoms with van der Waals surface area (Å²) < 4.78 is 1.93. The molecule has 4 rings (SSSR count). The Morgan fingerprint density at radius 3 is 2.35 bits per heavy atom. The van der Waals surface area contributed by atoms with E-state index in [0.29, 0.717) is 5.56 Å². The first-order chi connectivity index (χ1) is 12.5. The lowest BCUT2D eigenvalue weighted by molar-refractivity contribution is 0.0663. The van der Waals surface area contributed by atoms with E-state index in [0.717, 1.165) is 54.3 Å². The molecule has 0 radical (unpaired) electrons. The van der Waals surface area contributed by atoms with Gasteiger partial charge in [-0.3, -0.25) is 9.20 Å². The molecule has 3 aromatic rings. The molecular weight excluding hydrogens is 326 g/mol. The molecule has 1 fully saturated rings. The predicted molar refractivity (Wildman–Crippen MR) is 101 cm³/mol. The zero-order valence-electron chi connectivity index (χ0n) is 15.4. The molecule has 6 nitrogen and oxygen atoms in total. The minimum Gasteiger partial charge on any atom is -0.336 e. The lowest BCUT2D eigenvalue weighted by atomic mass is 10.0. The summed E-state index contributed by atoms with van der Waals surface area (Å²) in [7, 11) is 2.09. The molecule has 0 atom stereocenters. The molecule has 0 bridgehead atoms. The smallest absolute Gasteiger partial charge is 0.255 e. The minimum absolute atomic E-state index is 0.0705. The second-order valence-corrected chi connectivity index (χ2v) is 7.03. The normalized spacial score (nSPS) is 15.6. The number of piperazine rings is 1. The number of nitrogens with zero attached hydrogens (tertiary/aromatic N) is 5. The summed E-state index contributed by atoms with van der Waals surface area (Å²) in [6, 6.07) is 9.90. The molecule has 0 spiro atoms. The van der Waals surface area contributed by atoms with Gasteiger partial charge in [0, 0.05) is 37.9 Å². The molecule has 1 aromatic carbocycles. The van der Waals surface area contributed by atoms with Crippen molar-refractivity contribution in [2.45, 2.75) is 13.8 Å². The molecule has 0 aliphatic carbocycles. The van der Waals surface area contributed by atoms with E-state index in [1.807, 2.05) is 33.7 Å². The summed E-state index contributed by atoms with van der Waals surface area (Å²) in [5, 5.41) is 8.67. The van der Waals surface area contributed by atoms with E-state index < -0.39 is 0 Å². The van der Waals surface area contributed by atoms with Crippen LogP contribution in [0.25, 0.3) is 17.0 Å². The SMILES string of the molecule is Cc1cccc(C)c1-c1nnc2ccc(C(=O)N3CCN(C)CC3)cn12. The third-order valence-electron chi connectivity index (χ3n) is 5.14. The Balaban J connectivity index is 1.74. The Hall–Kier alpha value is -2.73. The lowest BCUT2D eigenvalue weighted by Crippen LogP contribution is -2.47. The zero-order valence-corrected chi connectivity index (χ0v) is 15.4. The lowest BCUT2D eigenvalue weighted by Gasteiger charge is -2.32. The fourth-order valence-electron chi connectivity index (χ4n) is 3.55. The third-order valence-corrected chi connectivity index (χ3v) is 5.14. The molecule has 1 saturated heterocycles. The number of carbonyl (C=O) groups excluding carboxylic acids is 1. The van der Waals surface area contributed by atoms with Crippen LogP contribution in [0.4, 0.5) is 0 Å². The number of aryl methyl sites for hydroxylation is 2. The molecule has 1 aliphatic rings. The molecule has 0 N–H and O–H groups in total. The second-order valence-electron chi connectivity index (χ2n) is 7.03. The molecular formula is C20H23N5O.